The Kier molecular flexibility index (Phi) is 4.60. The summed E-state index contributed by atoms with van der Waals surface area (Å²) in [4.78, 5) is 1.39. The SMILES string of the molecule is CCSc1ccccc1NC1CCC(C)(C)CC1. The molecule has 1 fully saturated rings. The molecule has 0 bridgehead atoms. The van der Waals surface area contributed by atoms with E-state index in [1.54, 1.807) is 0 Å². The van der Waals surface area contributed by atoms with Crippen LogP contribution in [0.25, 0.3) is 0 Å². The summed E-state index contributed by atoms with van der Waals surface area (Å²) in [5.74, 6) is 1.14. The number of benzene rings is 1. The Labute approximate surface area is 116 Å². The maximum absolute atomic E-state index is 3.75. The zero-order valence-electron chi connectivity index (χ0n) is 11.8. The lowest BCUT2D eigenvalue weighted by Crippen LogP contribution is -2.30. The van der Waals surface area contributed by atoms with Crippen LogP contribution in [0, 0.1) is 5.41 Å². The van der Waals surface area contributed by atoms with Crippen LogP contribution in [0.4, 0.5) is 5.69 Å². The molecule has 0 aromatic heterocycles. The van der Waals surface area contributed by atoms with Crippen molar-refractivity contribution in [1.82, 2.24) is 0 Å². The molecule has 1 aromatic rings. The van der Waals surface area contributed by atoms with E-state index < -0.39 is 0 Å². The average Bonchev–Trinajstić information content (AvgIpc) is 2.35. The first-order valence-corrected chi connectivity index (χ1v) is 8.08. The van der Waals surface area contributed by atoms with Crippen molar-refractivity contribution < 1.29 is 0 Å². The molecule has 18 heavy (non-hydrogen) atoms. The van der Waals surface area contributed by atoms with E-state index in [9.17, 15) is 0 Å². The summed E-state index contributed by atoms with van der Waals surface area (Å²) in [6.45, 7) is 7.00. The number of hydrogen-bond acceptors (Lipinski definition) is 2. The summed E-state index contributed by atoms with van der Waals surface area (Å²) in [7, 11) is 0. The summed E-state index contributed by atoms with van der Waals surface area (Å²) in [6, 6.07) is 9.37. The van der Waals surface area contributed by atoms with Gasteiger partial charge in [-0.25, -0.2) is 0 Å². The fraction of sp³-hybridized carbons (Fsp3) is 0.625. The first-order chi connectivity index (χ1) is 8.61. The van der Waals surface area contributed by atoms with Gasteiger partial charge in [0.15, 0.2) is 0 Å². The topological polar surface area (TPSA) is 12.0 Å². The third kappa shape index (κ3) is 3.68. The molecular formula is C16H25NS. The van der Waals surface area contributed by atoms with E-state index in [0.29, 0.717) is 11.5 Å². The molecule has 0 heterocycles. The summed E-state index contributed by atoms with van der Waals surface area (Å²) < 4.78 is 0. The zero-order chi connectivity index (χ0) is 13.0. The van der Waals surface area contributed by atoms with Crippen LogP contribution in [0.2, 0.25) is 0 Å². The molecule has 0 spiro atoms. The van der Waals surface area contributed by atoms with Crippen molar-refractivity contribution in [2.24, 2.45) is 5.41 Å². The van der Waals surface area contributed by atoms with E-state index in [0.717, 1.165) is 5.75 Å². The molecule has 0 radical (unpaired) electrons. The highest BCUT2D eigenvalue weighted by atomic mass is 32.2. The van der Waals surface area contributed by atoms with Crippen molar-refractivity contribution in [1.29, 1.82) is 0 Å². The maximum atomic E-state index is 3.75. The predicted molar refractivity (Wildman–Crippen MR) is 82.5 cm³/mol. The second-order valence-corrected chi connectivity index (χ2v) is 7.32. The molecule has 1 aliphatic carbocycles. The van der Waals surface area contributed by atoms with Gasteiger partial charge in [-0.15, -0.1) is 11.8 Å². The molecule has 2 heteroatoms. The van der Waals surface area contributed by atoms with Crippen LogP contribution in [-0.4, -0.2) is 11.8 Å². The van der Waals surface area contributed by atoms with E-state index in [1.165, 1.54) is 36.3 Å². The molecule has 1 aromatic carbocycles. The Morgan fingerprint density at radius 3 is 2.56 bits per heavy atom. The van der Waals surface area contributed by atoms with Crippen molar-refractivity contribution in [2.75, 3.05) is 11.1 Å². The van der Waals surface area contributed by atoms with Gasteiger partial charge in [0, 0.05) is 16.6 Å². The molecule has 0 saturated heterocycles. The van der Waals surface area contributed by atoms with Crippen molar-refractivity contribution in [3.63, 3.8) is 0 Å². The Hall–Kier alpha value is -0.630. The molecule has 0 unspecified atom stereocenters. The van der Waals surface area contributed by atoms with Crippen LogP contribution in [0.5, 0.6) is 0 Å². The molecule has 1 N–H and O–H groups in total. The number of rotatable bonds is 4. The minimum Gasteiger partial charge on any atom is -0.381 e. The lowest BCUT2D eigenvalue weighted by molar-refractivity contribution is 0.232. The third-order valence-electron chi connectivity index (χ3n) is 3.89. The van der Waals surface area contributed by atoms with Gasteiger partial charge in [0.2, 0.25) is 0 Å². The molecule has 1 saturated carbocycles. The van der Waals surface area contributed by atoms with Crippen molar-refractivity contribution in [3.8, 4) is 0 Å². The Balaban J connectivity index is 1.97. The van der Waals surface area contributed by atoms with Gasteiger partial charge < -0.3 is 5.32 Å². The van der Waals surface area contributed by atoms with Crippen LogP contribution in [-0.2, 0) is 0 Å². The largest absolute Gasteiger partial charge is 0.381 e. The minimum absolute atomic E-state index is 0.551. The van der Waals surface area contributed by atoms with Crippen LogP contribution in [0.3, 0.4) is 0 Å². The minimum atomic E-state index is 0.551. The Morgan fingerprint density at radius 1 is 1.22 bits per heavy atom. The Bertz CT molecular complexity index is 376. The smallest absolute Gasteiger partial charge is 0.0480 e. The second kappa shape index (κ2) is 6.01. The lowest BCUT2D eigenvalue weighted by Gasteiger charge is -2.35. The van der Waals surface area contributed by atoms with Gasteiger partial charge in [0.25, 0.3) is 0 Å². The quantitative estimate of drug-likeness (QED) is 0.751. The molecule has 2 rings (SSSR count). The van der Waals surface area contributed by atoms with Gasteiger partial charge in [-0.2, -0.15) is 0 Å². The average molecular weight is 263 g/mol. The first kappa shape index (κ1) is 13.8. The highest BCUT2D eigenvalue weighted by Crippen LogP contribution is 2.37. The summed E-state index contributed by atoms with van der Waals surface area (Å²) in [5.41, 5.74) is 1.88. The standard InChI is InChI=1S/C16H25NS/c1-4-18-15-8-6-5-7-14(15)17-13-9-11-16(2,3)12-10-13/h5-8,13,17H,4,9-12H2,1-3H3. The second-order valence-electron chi connectivity index (χ2n) is 6.01. The van der Waals surface area contributed by atoms with Crippen molar-refractivity contribution in [2.45, 2.75) is 57.4 Å². The first-order valence-electron chi connectivity index (χ1n) is 7.09. The van der Waals surface area contributed by atoms with Gasteiger partial charge in [-0.05, 0) is 49.0 Å². The molecule has 1 aliphatic rings. The molecule has 0 aliphatic heterocycles. The third-order valence-corrected chi connectivity index (χ3v) is 4.84. The normalized spacial score (nSPS) is 19.7. The number of hydrogen-bond donors (Lipinski definition) is 1. The molecule has 0 amide bonds. The van der Waals surface area contributed by atoms with Gasteiger partial charge in [0.1, 0.15) is 0 Å². The molecule has 0 atom stereocenters. The van der Waals surface area contributed by atoms with Gasteiger partial charge >= 0.3 is 0 Å². The van der Waals surface area contributed by atoms with E-state index >= 15 is 0 Å². The van der Waals surface area contributed by atoms with Gasteiger partial charge in [-0.1, -0.05) is 32.9 Å². The van der Waals surface area contributed by atoms with Crippen LogP contribution in [0.15, 0.2) is 29.2 Å². The highest BCUT2D eigenvalue weighted by Gasteiger charge is 2.26. The fourth-order valence-electron chi connectivity index (χ4n) is 2.63. The van der Waals surface area contributed by atoms with E-state index in [1.807, 2.05) is 11.8 Å². The van der Waals surface area contributed by atoms with Crippen LogP contribution in [0.1, 0.15) is 46.5 Å². The van der Waals surface area contributed by atoms with E-state index in [4.69, 9.17) is 0 Å². The summed E-state index contributed by atoms with van der Waals surface area (Å²) >= 11 is 1.93. The fourth-order valence-corrected chi connectivity index (χ4v) is 3.40. The van der Waals surface area contributed by atoms with Crippen LogP contribution >= 0.6 is 11.8 Å². The van der Waals surface area contributed by atoms with Crippen LogP contribution < -0.4 is 5.32 Å². The summed E-state index contributed by atoms with van der Waals surface area (Å²) in [5, 5.41) is 3.75. The number of nitrogens with one attached hydrogen (secondary N) is 1. The van der Waals surface area contributed by atoms with Crippen molar-refractivity contribution in [3.05, 3.63) is 24.3 Å². The monoisotopic (exact) mass is 263 g/mol. The van der Waals surface area contributed by atoms with Gasteiger partial charge in [0.05, 0.1) is 0 Å². The lowest BCUT2D eigenvalue weighted by atomic mass is 9.75. The van der Waals surface area contributed by atoms with E-state index in [-0.39, 0.29) is 0 Å². The number of para-hydroxylation sites is 1. The van der Waals surface area contributed by atoms with E-state index in [2.05, 4.69) is 50.4 Å². The predicted octanol–water partition coefficient (Wildman–Crippen LogP) is 5.18. The molecule has 1 nitrogen and oxygen atoms in total. The molecule has 100 valence electrons. The summed E-state index contributed by atoms with van der Waals surface area (Å²) in [6.07, 6.45) is 5.29. The van der Waals surface area contributed by atoms with Crippen molar-refractivity contribution >= 4 is 17.4 Å². The highest BCUT2D eigenvalue weighted by molar-refractivity contribution is 7.99. The zero-order valence-corrected chi connectivity index (χ0v) is 12.6. The number of anilines is 1. The number of thioether (sulfide) groups is 1. The Morgan fingerprint density at radius 2 is 1.89 bits per heavy atom. The molecular weight excluding hydrogens is 238 g/mol. The maximum Gasteiger partial charge on any atom is 0.0480 e. The van der Waals surface area contributed by atoms with Gasteiger partial charge in [-0.3, -0.25) is 0 Å².